The molecule has 0 radical (unpaired) electrons. The molecule has 1 aliphatic rings. The van der Waals surface area contributed by atoms with Crippen LogP contribution in [0.1, 0.15) is 79.7 Å². The second kappa shape index (κ2) is 11.6. The highest BCUT2D eigenvalue weighted by atomic mass is 16.5. The monoisotopic (exact) mass is 452 g/mol. The summed E-state index contributed by atoms with van der Waals surface area (Å²) in [6, 6.07) is 10.3. The molecule has 0 amide bonds. The molecule has 0 aliphatic carbocycles. The summed E-state index contributed by atoms with van der Waals surface area (Å²) in [7, 11) is 1.39. The Hall–Kier alpha value is -2.40. The van der Waals surface area contributed by atoms with Crippen LogP contribution in [0, 0.1) is 5.92 Å². The average molecular weight is 453 g/mol. The number of nitrogens with zero attached hydrogens (tertiary/aromatic N) is 2. The number of likely N-dealkylation sites (tertiary alicyclic amines) is 1. The fourth-order valence-electron chi connectivity index (χ4n) is 5.08. The second-order valence-electron chi connectivity index (χ2n) is 9.64. The fraction of sp³-hybridized carbons (Fsp3) is 0.571. The third-order valence-electron chi connectivity index (χ3n) is 6.92. The van der Waals surface area contributed by atoms with E-state index in [1.807, 2.05) is 16.7 Å². The van der Waals surface area contributed by atoms with Gasteiger partial charge in [-0.3, -0.25) is 9.69 Å². The molecule has 0 bridgehead atoms. The van der Waals surface area contributed by atoms with E-state index in [9.17, 15) is 9.59 Å². The van der Waals surface area contributed by atoms with Gasteiger partial charge in [0.05, 0.1) is 12.7 Å². The number of aromatic nitrogens is 1. The SMILES string of the molecule is CCc1cc(CC)c(=O)n(CCc2ccc(C(=O)OC)cc2)c1CN1CCC[C@@H]1CC(C)C. The van der Waals surface area contributed by atoms with Gasteiger partial charge in [0.25, 0.3) is 5.56 Å². The van der Waals surface area contributed by atoms with Crippen molar-refractivity contribution in [3.05, 3.63) is 68.6 Å². The summed E-state index contributed by atoms with van der Waals surface area (Å²) in [5.74, 6) is 0.351. The van der Waals surface area contributed by atoms with Gasteiger partial charge in [0.1, 0.15) is 0 Å². The van der Waals surface area contributed by atoms with Crippen molar-refractivity contribution in [1.29, 1.82) is 0 Å². The minimum atomic E-state index is -0.329. The van der Waals surface area contributed by atoms with Crippen molar-refractivity contribution >= 4 is 5.97 Å². The van der Waals surface area contributed by atoms with Crippen LogP contribution in [-0.4, -0.2) is 35.1 Å². The zero-order valence-corrected chi connectivity index (χ0v) is 21.0. The first-order valence-corrected chi connectivity index (χ1v) is 12.5. The molecule has 5 nitrogen and oxygen atoms in total. The van der Waals surface area contributed by atoms with Crippen molar-refractivity contribution < 1.29 is 9.53 Å². The van der Waals surface area contributed by atoms with E-state index in [1.165, 1.54) is 37.6 Å². The number of hydrogen-bond acceptors (Lipinski definition) is 4. The number of carbonyl (C=O) groups excluding carboxylic acids is 1. The molecular formula is C28H40N2O3. The summed E-state index contributed by atoms with van der Waals surface area (Å²) in [4.78, 5) is 27.7. The first-order valence-electron chi connectivity index (χ1n) is 12.5. The Kier molecular flexibility index (Phi) is 8.90. The molecule has 33 heavy (non-hydrogen) atoms. The standard InChI is InChI=1S/C28H40N2O3/c1-6-22-18-23(7-2)27(31)30(16-14-21-10-12-24(13-11-21)28(32)33-5)26(22)19-29-15-8-9-25(29)17-20(3)4/h10-13,18,20,25H,6-9,14-17,19H2,1-5H3/t25-/m1/s1. The molecule has 0 N–H and O–H groups in total. The third-order valence-corrected chi connectivity index (χ3v) is 6.92. The highest BCUT2D eigenvalue weighted by Gasteiger charge is 2.27. The minimum Gasteiger partial charge on any atom is -0.465 e. The molecule has 2 aromatic rings. The Labute approximate surface area is 198 Å². The van der Waals surface area contributed by atoms with Gasteiger partial charge in [-0.2, -0.15) is 0 Å². The minimum absolute atomic E-state index is 0.149. The lowest BCUT2D eigenvalue weighted by Gasteiger charge is -2.28. The largest absolute Gasteiger partial charge is 0.465 e. The van der Waals surface area contributed by atoms with Gasteiger partial charge in [0.15, 0.2) is 0 Å². The zero-order chi connectivity index (χ0) is 24.0. The predicted molar refractivity (Wildman–Crippen MR) is 134 cm³/mol. The lowest BCUT2D eigenvalue weighted by molar-refractivity contribution is 0.0600. The number of methoxy groups -OCH3 is 1. The predicted octanol–water partition coefficient (Wildman–Crippen LogP) is 5.01. The van der Waals surface area contributed by atoms with Crippen LogP contribution in [0.5, 0.6) is 0 Å². The smallest absolute Gasteiger partial charge is 0.337 e. The Morgan fingerprint density at radius 1 is 1.12 bits per heavy atom. The van der Waals surface area contributed by atoms with Gasteiger partial charge in [-0.25, -0.2) is 4.79 Å². The van der Waals surface area contributed by atoms with E-state index >= 15 is 0 Å². The molecule has 1 atom stereocenters. The zero-order valence-electron chi connectivity index (χ0n) is 21.0. The molecule has 1 fully saturated rings. The summed E-state index contributed by atoms with van der Waals surface area (Å²) in [5.41, 5.74) is 5.18. The van der Waals surface area contributed by atoms with Crippen LogP contribution in [0.4, 0.5) is 0 Å². The van der Waals surface area contributed by atoms with Gasteiger partial charge < -0.3 is 9.30 Å². The number of hydrogen-bond donors (Lipinski definition) is 0. The van der Waals surface area contributed by atoms with E-state index in [4.69, 9.17) is 4.74 Å². The van der Waals surface area contributed by atoms with Crippen LogP contribution < -0.4 is 5.56 Å². The number of aryl methyl sites for hydroxylation is 3. The molecule has 2 heterocycles. The summed E-state index contributed by atoms with van der Waals surface area (Å²) in [5, 5.41) is 0. The van der Waals surface area contributed by atoms with Crippen molar-refractivity contribution in [2.45, 2.75) is 85.4 Å². The molecule has 1 aromatic carbocycles. The Bertz CT molecular complexity index is 991. The van der Waals surface area contributed by atoms with Gasteiger partial charge in [-0.1, -0.05) is 39.8 Å². The fourth-order valence-corrected chi connectivity index (χ4v) is 5.08. The van der Waals surface area contributed by atoms with Gasteiger partial charge in [-0.05, 0) is 80.3 Å². The summed E-state index contributed by atoms with van der Waals surface area (Å²) in [6.07, 6.45) is 6.14. The van der Waals surface area contributed by atoms with Crippen molar-refractivity contribution in [1.82, 2.24) is 9.47 Å². The topological polar surface area (TPSA) is 51.5 Å². The van der Waals surface area contributed by atoms with E-state index in [-0.39, 0.29) is 11.5 Å². The average Bonchev–Trinajstić information content (AvgIpc) is 3.24. The van der Waals surface area contributed by atoms with Crippen molar-refractivity contribution in [2.75, 3.05) is 13.7 Å². The van der Waals surface area contributed by atoms with E-state index in [2.05, 4.69) is 38.7 Å². The molecule has 1 saturated heterocycles. The van der Waals surface area contributed by atoms with Gasteiger partial charge in [0, 0.05) is 30.4 Å². The molecule has 0 spiro atoms. The molecule has 0 unspecified atom stereocenters. The lowest BCUT2D eigenvalue weighted by Crippen LogP contribution is -2.35. The van der Waals surface area contributed by atoms with Crippen LogP contribution in [0.15, 0.2) is 35.1 Å². The van der Waals surface area contributed by atoms with Crippen LogP contribution in [0.3, 0.4) is 0 Å². The second-order valence-corrected chi connectivity index (χ2v) is 9.64. The number of carbonyl (C=O) groups is 1. The van der Waals surface area contributed by atoms with Crippen LogP contribution in [0.2, 0.25) is 0 Å². The molecule has 5 heteroatoms. The van der Waals surface area contributed by atoms with E-state index < -0.39 is 0 Å². The number of rotatable bonds is 10. The molecule has 1 aromatic heterocycles. The van der Waals surface area contributed by atoms with Gasteiger partial charge in [-0.15, -0.1) is 0 Å². The normalized spacial score (nSPS) is 16.5. The summed E-state index contributed by atoms with van der Waals surface area (Å²) < 4.78 is 6.83. The highest BCUT2D eigenvalue weighted by molar-refractivity contribution is 5.89. The maximum atomic E-state index is 13.4. The molecule has 0 saturated carbocycles. The number of benzene rings is 1. The van der Waals surface area contributed by atoms with Crippen LogP contribution >= 0.6 is 0 Å². The van der Waals surface area contributed by atoms with Crippen LogP contribution in [-0.2, 0) is 37.1 Å². The van der Waals surface area contributed by atoms with E-state index in [1.54, 1.807) is 12.1 Å². The Morgan fingerprint density at radius 2 is 1.82 bits per heavy atom. The maximum absolute atomic E-state index is 13.4. The first kappa shape index (κ1) is 25.2. The summed E-state index contributed by atoms with van der Waals surface area (Å²) in [6.45, 7) is 11.4. The quantitative estimate of drug-likeness (QED) is 0.475. The Balaban J connectivity index is 1.89. The number of esters is 1. The summed E-state index contributed by atoms with van der Waals surface area (Å²) >= 11 is 0. The molecule has 3 rings (SSSR count). The molecule has 180 valence electrons. The van der Waals surface area contributed by atoms with Crippen molar-refractivity contribution in [3.8, 4) is 0 Å². The van der Waals surface area contributed by atoms with E-state index in [0.29, 0.717) is 24.1 Å². The van der Waals surface area contributed by atoms with Gasteiger partial charge >= 0.3 is 5.97 Å². The van der Waals surface area contributed by atoms with Crippen LogP contribution in [0.25, 0.3) is 0 Å². The molecular weight excluding hydrogens is 412 g/mol. The van der Waals surface area contributed by atoms with E-state index in [0.717, 1.165) is 43.5 Å². The first-order chi connectivity index (χ1) is 15.9. The Morgan fingerprint density at radius 3 is 2.42 bits per heavy atom. The van der Waals surface area contributed by atoms with Crippen molar-refractivity contribution in [3.63, 3.8) is 0 Å². The maximum Gasteiger partial charge on any atom is 0.337 e. The van der Waals surface area contributed by atoms with Gasteiger partial charge in [0.2, 0.25) is 0 Å². The highest BCUT2D eigenvalue weighted by Crippen LogP contribution is 2.26. The molecule has 1 aliphatic heterocycles. The van der Waals surface area contributed by atoms with Crippen molar-refractivity contribution in [2.24, 2.45) is 5.92 Å². The number of pyridine rings is 1. The number of ether oxygens (including phenoxy) is 1. The third kappa shape index (κ3) is 6.14. The lowest BCUT2D eigenvalue weighted by atomic mass is 10.0.